The molecule has 1 aliphatic heterocycles. The number of hydrogen-bond acceptors (Lipinski definition) is 5. The van der Waals surface area contributed by atoms with E-state index in [2.05, 4.69) is 105 Å². The monoisotopic (exact) mass is 878 g/mol. The average molecular weight is 884 g/mol. The highest BCUT2D eigenvalue weighted by Crippen LogP contribution is 2.36. The summed E-state index contributed by atoms with van der Waals surface area (Å²) in [4.78, 5) is 28.6. The number of rotatable bonds is 2. The molecular weight excluding hydrogens is 864 g/mol. The number of amides is 1. The number of hydrogen-bond donors (Lipinski definition) is 0. The van der Waals surface area contributed by atoms with Gasteiger partial charge in [0.15, 0.2) is 4.73 Å². The van der Waals surface area contributed by atoms with Gasteiger partial charge < -0.3 is 14.2 Å². The molecule has 3 aromatic rings. The summed E-state index contributed by atoms with van der Waals surface area (Å²) >= 11 is 20.1. The molecule has 0 radical (unpaired) electrons. The highest BCUT2D eigenvalue weighted by molar-refractivity contribution is 9.13. The minimum Gasteiger partial charge on any atom is -0.444 e. The van der Waals surface area contributed by atoms with Crippen molar-refractivity contribution in [2.24, 2.45) is 0 Å². The maximum absolute atomic E-state index is 12.3. The molecule has 194 valence electrons. The van der Waals surface area contributed by atoms with Crippen molar-refractivity contribution in [1.82, 2.24) is 14.5 Å². The van der Waals surface area contributed by atoms with E-state index in [9.17, 15) is 14.9 Å². The van der Waals surface area contributed by atoms with Crippen LogP contribution in [0, 0.1) is 10.1 Å². The Bertz CT molecular complexity index is 1320. The Morgan fingerprint density at radius 2 is 1.58 bits per heavy atom. The molecular formula is C22H20Br6N4O4. The first-order chi connectivity index (χ1) is 16.7. The third kappa shape index (κ3) is 7.31. The lowest BCUT2D eigenvalue weighted by Gasteiger charge is -2.24. The van der Waals surface area contributed by atoms with Crippen LogP contribution in [0.2, 0.25) is 0 Å². The number of nitro groups is 1. The maximum atomic E-state index is 12.3. The number of likely N-dealkylation sites (tertiary alicyclic amines) is 1. The predicted octanol–water partition coefficient (Wildman–Crippen LogP) is 9.39. The standard InChI is InChI=1S/C16H18Br3N3O2.C6H2Br3NO2/c1-16(2,3)24-15(23)21-5-4-9(8-21)22-13-7-11(18)10(17)6-12(13)20-14(22)19;7-3-1-5(9)6(10(11)12)2-4(3)8/h6-7,9H,4-5,8H2,1-3H3;1-2H/t9-;/m0./s1. The third-order valence-electron chi connectivity index (χ3n) is 5.06. The van der Waals surface area contributed by atoms with Crippen molar-refractivity contribution in [1.29, 1.82) is 0 Å². The molecule has 14 heteroatoms. The van der Waals surface area contributed by atoms with Crippen molar-refractivity contribution in [3.05, 3.63) is 61.5 Å². The van der Waals surface area contributed by atoms with E-state index in [1.54, 1.807) is 11.0 Å². The number of carbonyl (C=O) groups excluding carboxylic acids is 1. The number of nitro benzene ring substituents is 1. The second-order valence-corrected chi connectivity index (χ2v) is 13.8. The maximum Gasteiger partial charge on any atom is 0.410 e. The third-order valence-corrected chi connectivity index (χ3v) is 9.94. The first kappa shape index (κ1) is 30.0. The van der Waals surface area contributed by atoms with E-state index in [1.807, 2.05) is 32.9 Å². The van der Waals surface area contributed by atoms with E-state index in [0.717, 1.165) is 35.6 Å². The van der Waals surface area contributed by atoms with E-state index in [-0.39, 0.29) is 17.8 Å². The van der Waals surface area contributed by atoms with Crippen LogP contribution in [0.15, 0.2) is 51.4 Å². The highest BCUT2D eigenvalue weighted by atomic mass is 79.9. The number of ether oxygens (including phenoxy) is 1. The molecule has 1 aliphatic rings. The van der Waals surface area contributed by atoms with Crippen LogP contribution in [-0.4, -0.2) is 44.2 Å². The number of fused-ring (bicyclic) bond motifs is 1. The van der Waals surface area contributed by atoms with Gasteiger partial charge in [-0.05, 0) is 141 Å². The summed E-state index contributed by atoms with van der Waals surface area (Å²) in [6.45, 7) is 6.95. The number of carbonyl (C=O) groups is 1. The van der Waals surface area contributed by atoms with Gasteiger partial charge in [0.25, 0.3) is 5.69 Å². The molecule has 0 aliphatic carbocycles. The zero-order valence-electron chi connectivity index (χ0n) is 19.2. The van der Waals surface area contributed by atoms with Crippen LogP contribution in [0.5, 0.6) is 0 Å². The molecule has 1 atom stereocenters. The van der Waals surface area contributed by atoms with Gasteiger partial charge in [-0.25, -0.2) is 9.78 Å². The van der Waals surface area contributed by atoms with Crippen molar-refractivity contribution in [2.75, 3.05) is 13.1 Å². The Morgan fingerprint density at radius 1 is 1.00 bits per heavy atom. The molecule has 0 spiro atoms. The molecule has 2 heterocycles. The molecule has 0 unspecified atom stereocenters. The molecule has 8 nitrogen and oxygen atoms in total. The highest BCUT2D eigenvalue weighted by Gasteiger charge is 2.32. The summed E-state index contributed by atoms with van der Waals surface area (Å²) in [6.07, 6.45) is 0.617. The molecule has 0 N–H and O–H groups in total. The Hall–Kier alpha value is -0.540. The SMILES string of the molecule is CC(C)(C)OC(=O)N1CC[C@H](n2c(Br)nc3cc(Br)c(Br)cc32)C1.O=[N+]([O-])c1cc(Br)c(Br)cc1Br. The molecule has 1 saturated heterocycles. The summed E-state index contributed by atoms with van der Waals surface area (Å²) in [5.41, 5.74) is 1.51. The molecule has 1 amide bonds. The lowest BCUT2D eigenvalue weighted by molar-refractivity contribution is -0.385. The lowest BCUT2D eigenvalue weighted by Crippen LogP contribution is -2.35. The quantitative estimate of drug-likeness (QED) is 0.146. The molecule has 0 saturated carbocycles. The number of benzene rings is 2. The van der Waals surface area contributed by atoms with Crippen molar-refractivity contribution in [3.63, 3.8) is 0 Å². The van der Waals surface area contributed by atoms with Crippen LogP contribution in [-0.2, 0) is 4.74 Å². The number of aromatic nitrogens is 2. The first-order valence-electron chi connectivity index (χ1n) is 10.5. The molecule has 0 bridgehead atoms. The van der Waals surface area contributed by atoms with Gasteiger partial charge in [-0.1, -0.05) is 0 Å². The predicted molar refractivity (Wildman–Crippen MR) is 160 cm³/mol. The van der Waals surface area contributed by atoms with Gasteiger partial charge in [-0.3, -0.25) is 10.1 Å². The Labute approximate surface area is 258 Å². The van der Waals surface area contributed by atoms with Crippen molar-refractivity contribution in [3.8, 4) is 0 Å². The average Bonchev–Trinajstić information content (AvgIpc) is 3.34. The molecule has 2 aromatic carbocycles. The van der Waals surface area contributed by atoms with Gasteiger partial charge in [0.05, 0.1) is 26.5 Å². The molecule has 36 heavy (non-hydrogen) atoms. The van der Waals surface area contributed by atoms with Crippen LogP contribution in [0.4, 0.5) is 10.5 Å². The number of halogens is 6. The van der Waals surface area contributed by atoms with E-state index in [0.29, 0.717) is 22.0 Å². The van der Waals surface area contributed by atoms with Gasteiger partial charge in [-0.2, -0.15) is 0 Å². The molecule has 4 rings (SSSR count). The lowest BCUT2D eigenvalue weighted by atomic mass is 10.2. The second kappa shape index (κ2) is 12.1. The summed E-state index contributed by atoms with van der Waals surface area (Å²) in [5, 5.41) is 10.4. The van der Waals surface area contributed by atoms with Crippen LogP contribution in [0.1, 0.15) is 33.2 Å². The normalized spacial score (nSPS) is 15.6. The summed E-state index contributed by atoms with van der Waals surface area (Å²) < 4.78 is 12.2. The molecule has 1 fully saturated rings. The van der Waals surface area contributed by atoms with Crippen LogP contribution < -0.4 is 0 Å². The van der Waals surface area contributed by atoms with Gasteiger partial charge in [0.1, 0.15) is 5.60 Å². The van der Waals surface area contributed by atoms with Gasteiger partial charge >= 0.3 is 6.09 Å². The minimum atomic E-state index is -0.478. The van der Waals surface area contributed by atoms with Crippen molar-refractivity contribution in [2.45, 2.75) is 38.8 Å². The Morgan fingerprint density at radius 3 is 2.19 bits per heavy atom. The number of nitrogens with zero attached hydrogens (tertiary/aromatic N) is 4. The van der Waals surface area contributed by atoms with Gasteiger partial charge in [0.2, 0.25) is 0 Å². The van der Waals surface area contributed by atoms with Crippen molar-refractivity contribution >= 4 is 118 Å². The largest absolute Gasteiger partial charge is 0.444 e. The van der Waals surface area contributed by atoms with Gasteiger partial charge in [-0.15, -0.1) is 0 Å². The first-order valence-corrected chi connectivity index (χ1v) is 15.2. The Kier molecular flexibility index (Phi) is 10.1. The fraction of sp³-hybridized carbons (Fsp3) is 0.364. The minimum absolute atomic E-state index is 0.0464. The van der Waals surface area contributed by atoms with E-state index in [4.69, 9.17) is 4.74 Å². The fourth-order valence-electron chi connectivity index (χ4n) is 3.51. The number of imidazole rings is 1. The molecule has 1 aromatic heterocycles. The summed E-state index contributed by atoms with van der Waals surface area (Å²) in [6, 6.07) is 7.27. The van der Waals surface area contributed by atoms with E-state index < -0.39 is 10.5 Å². The fourth-order valence-corrected chi connectivity index (χ4v) is 6.31. The van der Waals surface area contributed by atoms with E-state index >= 15 is 0 Å². The van der Waals surface area contributed by atoms with Crippen LogP contribution in [0.25, 0.3) is 11.0 Å². The summed E-state index contributed by atoms with van der Waals surface area (Å²) in [7, 11) is 0. The topological polar surface area (TPSA) is 90.5 Å². The van der Waals surface area contributed by atoms with Crippen molar-refractivity contribution < 1.29 is 14.5 Å². The Balaban J connectivity index is 0.000000253. The van der Waals surface area contributed by atoms with Crippen LogP contribution >= 0.6 is 95.6 Å². The second-order valence-electron chi connectivity index (χ2n) is 8.85. The summed E-state index contributed by atoms with van der Waals surface area (Å²) in [5.74, 6) is 0. The zero-order chi connectivity index (χ0) is 26.9. The zero-order valence-corrected chi connectivity index (χ0v) is 28.7. The smallest absolute Gasteiger partial charge is 0.410 e. The van der Waals surface area contributed by atoms with Crippen LogP contribution in [0.3, 0.4) is 0 Å². The van der Waals surface area contributed by atoms with Gasteiger partial charge in [0, 0.05) is 37.0 Å². The van der Waals surface area contributed by atoms with E-state index in [1.165, 1.54) is 6.07 Å².